The third-order valence-electron chi connectivity index (χ3n) is 5.80. The van der Waals surface area contributed by atoms with E-state index in [0.29, 0.717) is 16.8 Å². The number of carbonyl (C=O) groups excluding carboxylic acids is 2. The molecule has 9 nitrogen and oxygen atoms in total. The van der Waals surface area contributed by atoms with Crippen molar-refractivity contribution in [3.05, 3.63) is 95.6 Å². The van der Waals surface area contributed by atoms with Crippen LogP contribution in [0.2, 0.25) is 0 Å². The number of urea groups is 1. The molecule has 2 N–H and O–H groups in total. The quantitative estimate of drug-likeness (QED) is 0.568. The molecule has 2 bridgehead atoms. The maximum Gasteiger partial charge on any atom is 0.417 e. The van der Waals surface area contributed by atoms with Crippen LogP contribution in [0.4, 0.5) is 15.3 Å². The standard InChI is InChI=1S/C25H21N3O6/c29-23(30)22-18-12-7-13-20(34-24(31)26-17-10-5-2-6-11-17)21(18)19-14-27(22)25(32)28(19)33-15-16-8-3-1-4-9-16/h1-13,19,22H,14-15H2,(H,26,31)(H,29,30). The fraction of sp³-hybridized carbons (Fsp3) is 0.160. The summed E-state index contributed by atoms with van der Waals surface area (Å²) in [5.41, 5.74) is 2.23. The zero-order chi connectivity index (χ0) is 23.7. The molecule has 0 saturated carbocycles. The Hall–Kier alpha value is -4.37. The summed E-state index contributed by atoms with van der Waals surface area (Å²) in [5.74, 6) is -1.01. The summed E-state index contributed by atoms with van der Waals surface area (Å²) in [6.45, 7) is 0.222. The van der Waals surface area contributed by atoms with E-state index in [4.69, 9.17) is 9.57 Å². The minimum atomic E-state index is -1.22. The second kappa shape index (κ2) is 8.87. The number of fused-ring (bicyclic) bond motifs is 4. The van der Waals surface area contributed by atoms with Crippen molar-refractivity contribution in [1.82, 2.24) is 9.96 Å². The van der Waals surface area contributed by atoms with Gasteiger partial charge in [-0.15, -0.1) is 0 Å². The van der Waals surface area contributed by atoms with Crippen LogP contribution in [0.5, 0.6) is 5.75 Å². The molecule has 3 aromatic rings. The second-order valence-corrected chi connectivity index (χ2v) is 7.92. The molecule has 1 saturated heterocycles. The highest BCUT2D eigenvalue weighted by Crippen LogP contribution is 2.47. The number of hydrogen-bond donors (Lipinski definition) is 2. The molecule has 0 spiro atoms. The Labute approximate surface area is 195 Å². The van der Waals surface area contributed by atoms with Crippen LogP contribution in [-0.4, -0.2) is 39.7 Å². The van der Waals surface area contributed by atoms with Crippen LogP contribution >= 0.6 is 0 Å². The van der Waals surface area contributed by atoms with Crippen molar-refractivity contribution in [2.24, 2.45) is 0 Å². The van der Waals surface area contributed by atoms with Gasteiger partial charge in [0.1, 0.15) is 18.4 Å². The van der Waals surface area contributed by atoms with Gasteiger partial charge in [0.15, 0.2) is 6.04 Å². The first-order valence-corrected chi connectivity index (χ1v) is 10.7. The molecule has 1 fully saturated rings. The third kappa shape index (κ3) is 3.93. The van der Waals surface area contributed by atoms with E-state index in [-0.39, 0.29) is 18.9 Å². The zero-order valence-electron chi connectivity index (χ0n) is 18.0. The number of para-hydroxylation sites is 1. The molecule has 0 aromatic heterocycles. The number of carboxylic acid groups (broad SMARTS) is 1. The monoisotopic (exact) mass is 459 g/mol. The average molecular weight is 459 g/mol. The molecular weight excluding hydrogens is 438 g/mol. The largest absolute Gasteiger partial charge is 0.479 e. The van der Waals surface area contributed by atoms with Gasteiger partial charge < -0.3 is 14.7 Å². The molecule has 5 rings (SSSR count). The van der Waals surface area contributed by atoms with Crippen molar-refractivity contribution >= 4 is 23.8 Å². The Balaban J connectivity index is 1.46. The van der Waals surface area contributed by atoms with Crippen molar-refractivity contribution in [1.29, 1.82) is 0 Å². The average Bonchev–Trinajstić information content (AvgIpc) is 3.10. The first kappa shape index (κ1) is 21.5. The lowest BCUT2D eigenvalue weighted by Gasteiger charge is -2.31. The number of anilines is 1. The van der Waals surface area contributed by atoms with Crippen molar-refractivity contribution in [3.8, 4) is 5.75 Å². The topological polar surface area (TPSA) is 108 Å². The number of nitrogens with one attached hydrogen (secondary N) is 1. The van der Waals surface area contributed by atoms with Crippen LogP contribution in [0.15, 0.2) is 78.9 Å². The van der Waals surface area contributed by atoms with E-state index >= 15 is 0 Å². The van der Waals surface area contributed by atoms with E-state index in [1.165, 1.54) is 9.96 Å². The van der Waals surface area contributed by atoms with Gasteiger partial charge in [0.25, 0.3) is 0 Å². The number of ether oxygens (including phenoxy) is 1. The highest BCUT2D eigenvalue weighted by atomic mass is 16.7. The number of rotatable bonds is 6. The van der Waals surface area contributed by atoms with E-state index in [1.807, 2.05) is 36.4 Å². The first-order valence-electron chi connectivity index (χ1n) is 10.7. The molecule has 2 aliphatic rings. The molecule has 3 amide bonds. The first-order chi connectivity index (χ1) is 16.5. The van der Waals surface area contributed by atoms with E-state index in [1.54, 1.807) is 42.5 Å². The Morgan fingerprint density at radius 2 is 1.68 bits per heavy atom. The Morgan fingerprint density at radius 1 is 0.971 bits per heavy atom. The summed E-state index contributed by atoms with van der Waals surface area (Å²) >= 11 is 0. The predicted molar refractivity (Wildman–Crippen MR) is 121 cm³/mol. The number of amides is 3. The molecule has 2 unspecified atom stereocenters. The number of hydrogen-bond acceptors (Lipinski definition) is 5. The van der Waals surface area contributed by atoms with Crippen LogP contribution in [0.25, 0.3) is 0 Å². The molecule has 3 aromatic carbocycles. The van der Waals surface area contributed by atoms with Crippen molar-refractivity contribution in [3.63, 3.8) is 0 Å². The van der Waals surface area contributed by atoms with Gasteiger partial charge in [-0.25, -0.2) is 14.4 Å². The van der Waals surface area contributed by atoms with Crippen LogP contribution in [0.3, 0.4) is 0 Å². The summed E-state index contributed by atoms with van der Waals surface area (Å²) in [6, 6.07) is 20.5. The summed E-state index contributed by atoms with van der Waals surface area (Å²) < 4.78 is 5.59. The van der Waals surface area contributed by atoms with Crippen LogP contribution in [-0.2, 0) is 16.2 Å². The normalized spacial score (nSPS) is 18.4. The maximum absolute atomic E-state index is 13.1. The minimum Gasteiger partial charge on any atom is -0.479 e. The number of nitrogens with zero attached hydrogens (tertiary/aromatic N) is 2. The fourth-order valence-corrected chi connectivity index (χ4v) is 4.33. The highest BCUT2D eigenvalue weighted by molar-refractivity contribution is 5.89. The van der Waals surface area contributed by atoms with E-state index in [2.05, 4.69) is 5.32 Å². The summed E-state index contributed by atoms with van der Waals surface area (Å²) in [6.07, 6.45) is -0.727. The van der Waals surface area contributed by atoms with Gasteiger partial charge in [-0.05, 0) is 29.3 Å². The van der Waals surface area contributed by atoms with Gasteiger partial charge in [0, 0.05) is 11.3 Å². The third-order valence-corrected chi connectivity index (χ3v) is 5.80. The van der Waals surface area contributed by atoms with Gasteiger partial charge in [-0.1, -0.05) is 60.7 Å². The van der Waals surface area contributed by atoms with Crippen LogP contribution < -0.4 is 10.1 Å². The molecular formula is C25H21N3O6. The molecule has 172 valence electrons. The lowest BCUT2D eigenvalue weighted by Crippen LogP contribution is -2.38. The van der Waals surface area contributed by atoms with Gasteiger partial charge in [-0.2, -0.15) is 5.06 Å². The number of carbonyl (C=O) groups is 3. The molecule has 0 aliphatic carbocycles. The summed E-state index contributed by atoms with van der Waals surface area (Å²) in [7, 11) is 0. The van der Waals surface area contributed by atoms with Crippen molar-refractivity contribution in [2.45, 2.75) is 18.7 Å². The molecule has 0 radical (unpaired) electrons. The molecule has 2 atom stereocenters. The van der Waals surface area contributed by atoms with Crippen molar-refractivity contribution < 1.29 is 29.1 Å². The van der Waals surface area contributed by atoms with Gasteiger partial charge >= 0.3 is 18.1 Å². The zero-order valence-corrected chi connectivity index (χ0v) is 18.0. The van der Waals surface area contributed by atoms with Crippen LogP contribution in [0, 0.1) is 0 Å². The number of aliphatic carboxylic acids is 1. The van der Waals surface area contributed by atoms with E-state index in [0.717, 1.165) is 5.56 Å². The second-order valence-electron chi connectivity index (χ2n) is 7.92. The fourth-order valence-electron chi connectivity index (χ4n) is 4.33. The van der Waals surface area contributed by atoms with E-state index < -0.39 is 30.2 Å². The smallest absolute Gasteiger partial charge is 0.417 e. The van der Waals surface area contributed by atoms with Gasteiger partial charge in [0.2, 0.25) is 0 Å². The van der Waals surface area contributed by atoms with Gasteiger partial charge in [-0.3, -0.25) is 10.2 Å². The minimum absolute atomic E-state index is 0.0955. The number of carboxylic acids is 1. The van der Waals surface area contributed by atoms with E-state index in [9.17, 15) is 19.5 Å². The summed E-state index contributed by atoms with van der Waals surface area (Å²) in [4.78, 5) is 44.9. The molecule has 2 heterocycles. The Bertz CT molecular complexity index is 1230. The lowest BCUT2D eigenvalue weighted by atomic mass is 9.90. The molecule has 34 heavy (non-hydrogen) atoms. The molecule has 9 heteroatoms. The highest BCUT2D eigenvalue weighted by Gasteiger charge is 2.52. The SMILES string of the molecule is O=C(Nc1ccccc1)Oc1cccc2c1C1CN(C(=O)N1OCc1ccccc1)C2C(=O)O. The maximum atomic E-state index is 13.1. The lowest BCUT2D eigenvalue weighted by molar-refractivity contribution is -0.143. The Kier molecular flexibility index (Phi) is 5.60. The van der Waals surface area contributed by atoms with Crippen LogP contribution in [0.1, 0.15) is 28.8 Å². The van der Waals surface area contributed by atoms with Crippen molar-refractivity contribution in [2.75, 3.05) is 11.9 Å². The summed E-state index contributed by atoms with van der Waals surface area (Å²) in [5, 5.41) is 13.7. The predicted octanol–water partition coefficient (Wildman–Crippen LogP) is 4.35. The number of benzene rings is 3. The Morgan fingerprint density at radius 3 is 2.38 bits per heavy atom. The molecule has 2 aliphatic heterocycles. The number of hydroxylamine groups is 2. The van der Waals surface area contributed by atoms with Gasteiger partial charge in [0.05, 0.1) is 6.54 Å².